The molecule has 1 nitrogen and oxygen atoms in total. The lowest BCUT2D eigenvalue weighted by molar-refractivity contribution is -0.148. The minimum atomic E-state index is -4.62. The van der Waals surface area contributed by atoms with E-state index in [1.807, 2.05) is 0 Å². The molecule has 0 radical (unpaired) electrons. The molecule has 0 saturated heterocycles. The lowest BCUT2D eigenvalue weighted by Gasteiger charge is -2.15. The second-order valence-corrected chi connectivity index (χ2v) is 3.53. The van der Waals surface area contributed by atoms with Gasteiger partial charge in [0, 0.05) is 17.7 Å². The fraction of sp³-hybridized carbons (Fsp3) is 0.400. The van der Waals surface area contributed by atoms with E-state index in [4.69, 9.17) is 5.73 Å². The van der Waals surface area contributed by atoms with Crippen LogP contribution in [0.3, 0.4) is 0 Å². The summed E-state index contributed by atoms with van der Waals surface area (Å²) in [6, 6.07) is -1.33. The van der Waals surface area contributed by atoms with Crippen molar-refractivity contribution in [1.29, 1.82) is 0 Å². The summed E-state index contributed by atoms with van der Waals surface area (Å²) in [6.07, 6.45) is -5.82. The molecule has 1 aromatic rings. The Kier molecular flexibility index (Phi) is 5.95. The van der Waals surface area contributed by atoms with Crippen molar-refractivity contribution in [2.24, 2.45) is 5.73 Å². The van der Waals surface area contributed by atoms with Crippen LogP contribution in [-0.2, 0) is 6.42 Å². The van der Waals surface area contributed by atoms with Crippen LogP contribution in [-0.4, -0.2) is 12.2 Å². The number of benzene rings is 1. The number of rotatable bonds is 3. The van der Waals surface area contributed by atoms with Gasteiger partial charge in [0.2, 0.25) is 0 Å². The molecule has 104 valence electrons. The average molecular weight is 294 g/mol. The van der Waals surface area contributed by atoms with Crippen molar-refractivity contribution in [2.45, 2.75) is 25.1 Å². The highest BCUT2D eigenvalue weighted by Crippen LogP contribution is 2.23. The third-order valence-corrected chi connectivity index (χ3v) is 2.23. The van der Waals surface area contributed by atoms with Crippen molar-refractivity contribution < 1.29 is 26.3 Å². The average Bonchev–Trinajstić information content (AvgIpc) is 2.13. The largest absolute Gasteiger partial charge is 0.403 e. The normalized spacial score (nSPS) is 13.1. The van der Waals surface area contributed by atoms with E-state index in [1.54, 1.807) is 0 Å². The van der Waals surface area contributed by atoms with E-state index in [0.29, 0.717) is 12.1 Å². The molecule has 0 aliphatic carbocycles. The quantitative estimate of drug-likeness (QED) is 0.850. The van der Waals surface area contributed by atoms with Crippen LogP contribution in [0.5, 0.6) is 0 Å². The fourth-order valence-electron chi connectivity index (χ4n) is 1.27. The van der Waals surface area contributed by atoms with Crippen molar-refractivity contribution in [3.63, 3.8) is 0 Å². The predicted molar refractivity (Wildman–Crippen MR) is 55.9 cm³/mol. The summed E-state index contributed by atoms with van der Waals surface area (Å²) in [6.45, 7) is 0. The Morgan fingerprint density at radius 3 is 1.89 bits per heavy atom. The fourth-order valence-corrected chi connectivity index (χ4v) is 1.27. The van der Waals surface area contributed by atoms with Gasteiger partial charge < -0.3 is 5.73 Å². The Morgan fingerprint density at radius 2 is 1.50 bits per heavy atom. The van der Waals surface area contributed by atoms with Crippen LogP contribution < -0.4 is 5.73 Å². The molecule has 0 amide bonds. The summed E-state index contributed by atoms with van der Waals surface area (Å²) in [5.74, 6) is -3.54. The van der Waals surface area contributed by atoms with Gasteiger partial charge in [0.05, 0.1) is 0 Å². The standard InChI is InChI=1S/C10H9F6N.ClH/c11-5-3-7(12)6(8(13)4-5)1-2-9(17)10(14,15)16;/h3-4,9H,1-2,17H2;1H. The molecule has 1 unspecified atom stereocenters. The van der Waals surface area contributed by atoms with Gasteiger partial charge in [-0.2, -0.15) is 13.2 Å². The molecule has 1 rings (SSSR count). The van der Waals surface area contributed by atoms with Crippen LogP contribution in [0.2, 0.25) is 0 Å². The van der Waals surface area contributed by atoms with E-state index in [9.17, 15) is 26.3 Å². The molecule has 0 saturated carbocycles. The van der Waals surface area contributed by atoms with Crippen LogP contribution in [0.25, 0.3) is 0 Å². The van der Waals surface area contributed by atoms with Gasteiger partial charge in [-0.3, -0.25) is 0 Å². The number of halogens is 7. The number of hydrogen-bond donors (Lipinski definition) is 1. The monoisotopic (exact) mass is 293 g/mol. The Bertz CT molecular complexity index is 383. The molecule has 0 spiro atoms. The van der Waals surface area contributed by atoms with E-state index >= 15 is 0 Å². The molecule has 0 aromatic heterocycles. The summed E-state index contributed by atoms with van der Waals surface area (Å²) >= 11 is 0. The molecule has 18 heavy (non-hydrogen) atoms. The third kappa shape index (κ3) is 4.38. The molecular formula is C10H10ClF6N. The first-order chi connectivity index (χ1) is 7.71. The van der Waals surface area contributed by atoms with E-state index < -0.39 is 48.1 Å². The third-order valence-electron chi connectivity index (χ3n) is 2.23. The summed E-state index contributed by atoms with van der Waals surface area (Å²) in [7, 11) is 0. The van der Waals surface area contributed by atoms with Gasteiger partial charge in [0.25, 0.3) is 0 Å². The molecule has 0 bridgehead atoms. The highest BCUT2D eigenvalue weighted by molar-refractivity contribution is 5.85. The topological polar surface area (TPSA) is 26.0 Å². The van der Waals surface area contributed by atoms with E-state index in [1.165, 1.54) is 0 Å². The number of nitrogens with two attached hydrogens (primary N) is 1. The van der Waals surface area contributed by atoms with Crippen LogP contribution in [0.15, 0.2) is 12.1 Å². The first-order valence-corrected chi connectivity index (χ1v) is 4.67. The van der Waals surface area contributed by atoms with Gasteiger partial charge >= 0.3 is 6.18 Å². The van der Waals surface area contributed by atoms with Gasteiger partial charge in [-0.15, -0.1) is 12.4 Å². The maximum Gasteiger partial charge on any atom is 0.403 e. The van der Waals surface area contributed by atoms with Gasteiger partial charge in [-0.1, -0.05) is 0 Å². The number of alkyl halides is 3. The smallest absolute Gasteiger partial charge is 0.320 e. The second-order valence-electron chi connectivity index (χ2n) is 3.53. The Labute approximate surface area is 105 Å². The zero-order valence-corrected chi connectivity index (χ0v) is 9.72. The van der Waals surface area contributed by atoms with Crippen LogP contribution >= 0.6 is 12.4 Å². The molecule has 0 fully saturated rings. The SMILES string of the molecule is Cl.NC(CCc1c(F)cc(F)cc1F)C(F)(F)F. The van der Waals surface area contributed by atoms with Crippen molar-refractivity contribution in [1.82, 2.24) is 0 Å². The number of hydrogen-bond acceptors (Lipinski definition) is 1. The van der Waals surface area contributed by atoms with Gasteiger partial charge in [-0.05, 0) is 12.8 Å². The van der Waals surface area contributed by atoms with Crippen molar-refractivity contribution >= 4 is 12.4 Å². The van der Waals surface area contributed by atoms with Gasteiger partial charge in [-0.25, -0.2) is 13.2 Å². The van der Waals surface area contributed by atoms with Gasteiger partial charge in [0.15, 0.2) is 0 Å². The molecule has 0 aliphatic rings. The van der Waals surface area contributed by atoms with Gasteiger partial charge in [0.1, 0.15) is 23.5 Å². The summed E-state index contributed by atoms with van der Waals surface area (Å²) in [5, 5.41) is 0. The maximum absolute atomic E-state index is 13.1. The first-order valence-electron chi connectivity index (χ1n) is 4.67. The zero-order chi connectivity index (χ0) is 13.2. The highest BCUT2D eigenvalue weighted by Gasteiger charge is 2.36. The summed E-state index contributed by atoms with van der Waals surface area (Å²) in [4.78, 5) is 0. The molecule has 1 atom stereocenters. The van der Waals surface area contributed by atoms with Crippen molar-refractivity contribution in [2.75, 3.05) is 0 Å². The van der Waals surface area contributed by atoms with E-state index in [2.05, 4.69) is 0 Å². The van der Waals surface area contributed by atoms with Crippen LogP contribution in [0.4, 0.5) is 26.3 Å². The Morgan fingerprint density at radius 1 is 1.06 bits per heavy atom. The molecule has 1 aromatic carbocycles. The highest BCUT2D eigenvalue weighted by atomic mass is 35.5. The summed E-state index contributed by atoms with van der Waals surface area (Å²) in [5.41, 5.74) is 4.19. The first kappa shape index (κ1) is 17.1. The van der Waals surface area contributed by atoms with Crippen LogP contribution in [0.1, 0.15) is 12.0 Å². The second kappa shape index (κ2) is 6.29. The minimum Gasteiger partial charge on any atom is -0.320 e. The molecule has 8 heteroatoms. The van der Waals surface area contributed by atoms with Crippen molar-refractivity contribution in [3.05, 3.63) is 35.1 Å². The molecule has 2 N–H and O–H groups in total. The summed E-state index contributed by atoms with van der Waals surface area (Å²) < 4.78 is 74.8. The lowest BCUT2D eigenvalue weighted by atomic mass is 10.0. The Hall–Kier alpha value is -0.950. The zero-order valence-electron chi connectivity index (χ0n) is 8.90. The van der Waals surface area contributed by atoms with Crippen LogP contribution in [0, 0.1) is 17.5 Å². The van der Waals surface area contributed by atoms with E-state index in [-0.39, 0.29) is 12.4 Å². The molecular weight excluding hydrogens is 284 g/mol. The predicted octanol–water partition coefficient (Wildman–Crippen LogP) is 3.35. The minimum absolute atomic E-state index is 0. The Balaban J connectivity index is 0.00000289. The lowest BCUT2D eigenvalue weighted by Crippen LogP contribution is -2.37. The maximum atomic E-state index is 13.1. The van der Waals surface area contributed by atoms with E-state index in [0.717, 1.165) is 0 Å². The van der Waals surface area contributed by atoms with Crippen molar-refractivity contribution in [3.8, 4) is 0 Å². The molecule has 0 heterocycles. The molecule has 0 aliphatic heterocycles.